The monoisotopic (exact) mass is 302 g/mol. The lowest BCUT2D eigenvalue weighted by Gasteiger charge is -2.16. The van der Waals surface area contributed by atoms with Crippen molar-refractivity contribution in [2.24, 2.45) is 0 Å². The second kappa shape index (κ2) is 6.13. The number of amides is 1. The van der Waals surface area contributed by atoms with Gasteiger partial charge >= 0.3 is 0 Å². The quantitative estimate of drug-likeness (QED) is 0.847. The third-order valence-electron chi connectivity index (χ3n) is 3.84. The minimum absolute atomic E-state index is 0.0367. The minimum atomic E-state index is -0.0367. The summed E-state index contributed by atoms with van der Waals surface area (Å²) < 4.78 is 10.8. The second-order valence-corrected chi connectivity index (χ2v) is 5.41. The SMILES string of the molecule is Cc1noc(C)c1CC(=O)N1CCC(Oc2cccnn2)C1. The summed E-state index contributed by atoms with van der Waals surface area (Å²) in [5.74, 6) is 1.27. The van der Waals surface area contributed by atoms with Gasteiger partial charge < -0.3 is 14.2 Å². The van der Waals surface area contributed by atoms with E-state index in [1.54, 1.807) is 18.3 Å². The first-order chi connectivity index (χ1) is 10.6. The van der Waals surface area contributed by atoms with E-state index in [9.17, 15) is 4.79 Å². The van der Waals surface area contributed by atoms with Gasteiger partial charge in [-0.25, -0.2) is 0 Å². The van der Waals surface area contributed by atoms with Crippen LogP contribution in [0.15, 0.2) is 22.9 Å². The van der Waals surface area contributed by atoms with Gasteiger partial charge in [0.15, 0.2) is 0 Å². The zero-order valence-corrected chi connectivity index (χ0v) is 12.7. The summed E-state index contributed by atoms with van der Waals surface area (Å²) in [6.07, 6.45) is 2.68. The van der Waals surface area contributed by atoms with Gasteiger partial charge in [-0.3, -0.25) is 4.79 Å². The summed E-state index contributed by atoms with van der Waals surface area (Å²) in [5, 5.41) is 11.6. The van der Waals surface area contributed by atoms with Crippen molar-refractivity contribution in [3.63, 3.8) is 0 Å². The Balaban J connectivity index is 1.57. The van der Waals surface area contributed by atoms with Gasteiger partial charge in [-0.2, -0.15) is 5.10 Å². The predicted molar refractivity (Wildman–Crippen MR) is 77.3 cm³/mol. The molecule has 0 bridgehead atoms. The highest BCUT2D eigenvalue weighted by Crippen LogP contribution is 2.19. The van der Waals surface area contributed by atoms with E-state index in [2.05, 4.69) is 15.4 Å². The van der Waals surface area contributed by atoms with Crippen molar-refractivity contribution < 1.29 is 14.1 Å². The van der Waals surface area contributed by atoms with E-state index < -0.39 is 0 Å². The Morgan fingerprint density at radius 1 is 1.50 bits per heavy atom. The summed E-state index contributed by atoms with van der Waals surface area (Å²) in [5.41, 5.74) is 1.65. The van der Waals surface area contributed by atoms with Crippen LogP contribution < -0.4 is 4.74 Å². The summed E-state index contributed by atoms with van der Waals surface area (Å²) in [6, 6.07) is 3.54. The fourth-order valence-corrected chi connectivity index (χ4v) is 2.59. The Bertz CT molecular complexity index is 637. The molecule has 0 saturated carbocycles. The molecule has 0 spiro atoms. The van der Waals surface area contributed by atoms with Gasteiger partial charge in [-0.15, -0.1) is 5.10 Å². The maximum Gasteiger partial charge on any atom is 0.233 e. The zero-order valence-electron chi connectivity index (χ0n) is 12.7. The van der Waals surface area contributed by atoms with E-state index in [0.717, 1.165) is 17.7 Å². The smallest absolute Gasteiger partial charge is 0.233 e. The maximum absolute atomic E-state index is 12.4. The number of nitrogens with zero attached hydrogens (tertiary/aromatic N) is 4. The topological polar surface area (TPSA) is 81.4 Å². The van der Waals surface area contributed by atoms with Gasteiger partial charge in [0.2, 0.25) is 11.8 Å². The number of carbonyl (C=O) groups excluding carboxylic acids is 1. The van der Waals surface area contributed by atoms with Crippen LogP contribution in [0.5, 0.6) is 5.88 Å². The summed E-state index contributed by atoms with van der Waals surface area (Å²) in [4.78, 5) is 14.2. The van der Waals surface area contributed by atoms with Crippen LogP contribution in [-0.2, 0) is 11.2 Å². The average Bonchev–Trinajstić information content (AvgIpc) is 3.10. The number of likely N-dealkylation sites (tertiary alicyclic amines) is 1. The molecule has 1 aliphatic heterocycles. The summed E-state index contributed by atoms with van der Waals surface area (Å²) >= 11 is 0. The first-order valence-electron chi connectivity index (χ1n) is 7.27. The van der Waals surface area contributed by atoms with Gasteiger partial charge in [0.25, 0.3) is 0 Å². The first kappa shape index (κ1) is 14.5. The Hall–Kier alpha value is -2.44. The molecule has 3 heterocycles. The Labute approximate surface area is 128 Å². The molecule has 1 fully saturated rings. The number of hydrogen-bond acceptors (Lipinski definition) is 6. The lowest BCUT2D eigenvalue weighted by molar-refractivity contribution is -0.129. The lowest BCUT2D eigenvalue weighted by Crippen LogP contribution is -2.32. The molecular weight excluding hydrogens is 284 g/mol. The van der Waals surface area contributed by atoms with Crippen LogP contribution in [0.4, 0.5) is 0 Å². The maximum atomic E-state index is 12.4. The molecule has 3 rings (SSSR count). The summed E-state index contributed by atoms with van der Waals surface area (Å²) in [6.45, 7) is 4.93. The molecule has 0 N–H and O–H groups in total. The largest absolute Gasteiger partial charge is 0.471 e. The highest BCUT2D eigenvalue weighted by atomic mass is 16.5. The fraction of sp³-hybridized carbons (Fsp3) is 0.467. The minimum Gasteiger partial charge on any atom is -0.471 e. The normalized spacial score (nSPS) is 17.7. The highest BCUT2D eigenvalue weighted by Gasteiger charge is 2.28. The van der Waals surface area contributed by atoms with Crippen molar-refractivity contribution in [2.45, 2.75) is 32.8 Å². The van der Waals surface area contributed by atoms with E-state index in [1.165, 1.54) is 0 Å². The second-order valence-electron chi connectivity index (χ2n) is 5.41. The lowest BCUT2D eigenvalue weighted by atomic mass is 10.1. The fourth-order valence-electron chi connectivity index (χ4n) is 2.59. The van der Waals surface area contributed by atoms with Crippen molar-refractivity contribution in [1.82, 2.24) is 20.3 Å². The van der Waals surface area contributed by atoms with E-state index in [4.69, 9.17) is 9.26 Å². The molecular formula is C15H18N4O3. The van der Waals surface area contributed by atoms with Gasteiger partial charge in [0.1, 0.15) is 11.9 Å². The molecule has 1 saturated heterocycles. The van der Waals surface area contributed by atoms with Gasteiger partial charge in [0.05, 0.1) is 18.7 Å². The molecule has 0 radical (unpaired) electrons. The Morgan fingerprint density at radius 3 is 3.05 bits per heavy atom. The molecule has 116 valence electrons. The highest BCUT2D eigenvalue weighted by molar-refractivity contribution is 5.79. The molecule has 7 heteroatoms. The number of ether oxygens (including phenoxy) is 1. The van der Waals surface area contributed by atoms with Gasteiger partial charge in [-0.05, 0) is 19.9 Å². The standard InChI is InChI=1S/C15H18N4O3/c1-10-13(11(2)22-18-10)8-15(20)19-7-5-12(9-19)21-14-4-3-6-16-17-14/h3-4,6,12H,5,7-9H2,1-2H3. The van der Waals surface area contributed by atoms with Crippen molar-refractivity contribution in [1.29, 1.82) is 0 Å². The van der Waals surface area contributed by atoms with E-state index >= 15 is 0 Å². The van der Waals surface area contributed by atoms with Gasteiger partial charge in [-0.1, -0.05) is 5.16 Å². The number of hydrogen-bond donors (Lipinski definition) is 0. The van der Waals surface area contributed by atoms with Crippen molar-refractivity contribution in [2.75, 3.05) is 13.1 Å². The molecule has 7 nitrogen and oxygen atoms in total. The number of aromatic nitrogens is 3. The molecule has 1 unspecified atom stereocenters. The van der Waals surface area contributed by atoms with E-state index in [1.807, 2.05) is 18.7 Å². The van der Waals surface area contributed by atoms with Crippen molar-refractivity contribution >= 4 is 5.91 Å². The van der Waals surface area contributed by atoms with Crippen LogP contribution in [0.3, 0.4) is 0 Å². The molecule has 1 aliphatic rings. The molecule has 1 amide bonds. The van der Waals surface area contributed by atoms with E-state index in [0.29, 0.717) is 31.2 Å². The number of aryl methyl sites for hydroxylation is 2. The zero-order chi connectivity index (χ0) is 15.5. The molecule has 0 aromatic carbocycles. The van der Waals surface area contributed by atoms with Crippen LogP contribution in [-0.4, -0.2) is 45.4 Å². The molecule has 22 heavy (non-hydrogen) atoms. The van der Waals surface area contributed by atoms with Crippen molar-refractivity contribution in [3.8, 4) is 5.88 Å². The van der Waals surface area contributed by atoms with Crippen molar-refractivity contribution in [3.05, 3.63) is 35.3 Å². The third kappa shape index (κ3) is 3.08. The van der Waals surface area contributed by atoms with Crippen LogP contribution in [0.2, 0.25) is 0 Å². The predicted octanol–water partition coefficient (Wildman–Crippen LogP) is 1.30. The number of carbonyl (C=O) groups is 1. The Morgan fingerprint density at radius 2 is 2.36 bits per heavy atom. The van der Waals surface area contributed by atoms with Crippen LogP contribution >= 0.6 is 0 Å². The average molecular weight is 302 g/mol. The van der Waals surface area contributed by atoms with Crippen LogP contribution in [0.25, 0.3) is 0 Å². The molecule has 2 aromatic heterocycles. The van der Waals surface area contributed by atoms with Crippen LogP contribution in [0.1, 0.15) is 23.4 Å². The Kier molecular flexibility index (Phi) is 4.04. The first-order valence-corrected chi connectivity index (χ1v) is 7.27. The van der Waals surface area contributed by atoms with E-state index in [-0.39, 0.29) is 12.0 Å². The van der Waals surface area contributed by atoms with Gasteiger partial charge in [0, 0.05) is 30.8 Å². The third-order valence-corrected chi connectivity index (χ3v) is 3.84. The molecule has 1 atom stereocenters. The summed E-state index contributed by atoms with van der Waals surface area (Å²) in [7, 11) is 0. The number of rotatable bonds is 4. The molecule has 2 aromatic rings. The van der Waals surface area contributed by atoms with Crippen LogP contribution in [0, 0.1) is 13.8 Å². The molecule has 0 aliphatic carbocycles.